The average molecular weight is 226 g/mol. The Bertz CT molecular complexity index is 250. The quantitative estimate of drug-likeness (QED) is 0.798. The molecule has 1 amide bonds. The summed E-state index contributed by atoms with van der Waals surface area (Å²) in [5.41, 5.74) is -0.0176. The van der Waals surface area contributed by atoms with E-state index in [0.29, 0.717) is 5.92 Å². The lowest BCUT2D eigenvalue weighted by Gasteiger charge is -2.38. The zero-order chi connectivity index (χ0) is 12.3. The summed E-state index contributed by atoms with van der Waals surface area (Å²) in [6.07, 6.45) is 3.09. The molecule has 3 heteroatoms. The molecule has 1 saturated heterocycles. The van der Waals surface area contributed by atoms with E-state index in [0.717, 1.165) is 25.8 Å². The number of likely N-dealkylation sites (N-methyl/N-ethyl adjacent to an activating group) is 1. The molecule has 0 aromatic rings. The first kappa shape index (κ1) is 13.5. The van der Waals surface area contributed by atoms with E-state index in [9.17, 15) is 4.79 Å². The second-order valence-corrected chi connectivity index (χ2v) is 5.63. The molecule has 0 saturated carbocycles. The van der Waals surface area contributed by atoms with Gasteiger partial charge in [0.15, 0.2) is 0 Å². The lowest BCUT2D eigenvalue weighted by molar-refractivity contribution is -0.138. The molecular formula is C13H26N2O. The Morgan fingerprint density at radius 3 is 2.62 bits per heavy atom. The molecule has 3 nitrogen and oxygen atoms in total. The Morgan fingerprint density at radius 1 is 1.50 bits per heavy atom. The predicted octanol–water partition coefficient (Wildman–Crippen LogP) is 2.02. The summed E-state index contributed by atoms with van der Waals surface area (Å²) in [6, 6.07) is 0.00308. The fourth-order valence-electron chi connectivity index (χ4n) is 2.30. The lowest BCUT2D eigenvalue weighted by Crippen LogP contribution is -2.53. The van der Waals surface area contributed by atoms with Crippen LogP contribution < -0.4 is 5.32 Å². The van der Waals surface area contributed by atoms with Gasteiger partial charge in [0.2, 0.25) is 5.91 Å². The maximum Gasteiger partial charge on any atom is 0.240 e. The predicted molar refractivity (Wildman–Crippen MR) is 67.3 cm³/mol. The third-order valence-electron chi connectivity index (χ3n) is 3.99. The number of likely N-dealkylation sites (tertiary alicyclic amines) is 1. The summed E-state index contributed by atoms with van der Waals surface area (Å²) in [5, 5.41) is 3.16. The first-order chi connectivity index (χ1) is 7.42. The van der Waals surface area contributed by atoms with E-state index in [-0.39, 0.29) is 17.5 Å². The van der Waals surface area contributed by atoms with Crippen LogP contribution in [0.2, 0.25) is 0 Å². The van der Waals surface area contributed by atoms with Gasteiger partial charge in [-0.1, -0.05) is 13.8 Å². The van der Waals surface area contributed by atoms with Crippen molar-refractivity contribution >= 4 is 5.91 Å². The van der Waals surface area contributed by atoms with E-state index in [1.807, 2.05) is 7.05 Å². The van der Waals surface area contributed by atoms with E-state index < -0.39 is 0 Å². The number of hydrogen-bond acceptors (Lipinski definition) is 2. The first-order valence-electron chi connectivity index (χ1n) is 6.41. The molecule has 1 rings (SSSR count). The van der Waals surface area contributed by atoms with Crippen LogP contribution in [0.1, 0.15) is 47.0 Å². The van der Waals surface area contributed by atoms with Gasteiger partial charge in [-0.25, -0.2) is 0 Å². The second kappa shape index (κ2) is 5.17. The summed E-state index contributed by atoms with van der Waals surface area (Å²) in [7, 11) is 1.89. The largest absolute Gasteiger partial charge is 0.336 e. The third kappa shape index (κ3) is 2.76. The van der Waals surface area contributed by atoms with Gasteiger partial charge in [-0.15, -0.1) is 0 Å². The van der Waals surface area contributed by atoms with Crippen molar-refractivity contribution in [2.24, 2.45) is 5.92 Å². The Kier molecular flexibility index (Phi) is 4.36. The monoisotopic (exact) mass is 226 g/mol. The average Bonchev–Trinajstić information content (AvgIpc) is 2.38. The fourth-order valence-corrected chi connectivity index (χ4v) is 2.30. The topological polar surface area (TPSA) is 32.3 Å². The van der Waals surface area contributed by atoms with Crippen molar-refractivity contribution in [3.05, 3.63) is 0 Å². The number of nitrogens with one attached hydrogen (secondary N) is 1. The molecule has 0 radical (unpaired) electrons. The van der Waals surface area contributed by atoms with Crippen LogP contribution in [-0.4, -0.2) is 36.0 Å². The molecular weight excluding hydrogens is 200 g/mol. The van der Waals surface area contributed by atoms with Crippen LogP contribution in [0.5, 0.6) is 0 Å². The molecule has 0 aromatic carbocycles. The molecule has 2 atom stereocenters. The number of carbonyl (C=O) groups excluding carboxylic acids is 1. The van der Waals surface area contributed by atoms with Gasteiger partial charge in [0.1, 0.15) is 0 Å². The lowest BCUT2D eigenvalue weighted by atomic mass is 9.98. The van der Waals surface area contributed by atoms with Gasteiger partial charge in [0.25, 0.3) is 0 Å². The zero-order valence-corrected chi connectivity index (χ0v) is 11.3. The van der Waals surface area contributed by atoms with E-state index in [1.54, 1.807) is 0 Å². The zero-order valence-electron chi connectivity index (χ0n) is 11.3. The van der Waals surface area contributed by atoms with E-state index >= 15 is 0 Å². The normalized spacial score (nSPS) is 28.1. The van der Waals surface area contributed by atoms with Gasteiger partial charge in [-0.2, -0.15) is 0 Å². The fraction of sp³-hybridized carbons (Fsp3) is 0.923. The molecule has 2 unspecified atom stereocenters. The van der Waals surface area contributed by atoms with Gasteiger partial charge in [0, 0.05) is 12.1 Å². The minimum atomic E-state index is -0.0176. The summed E-state index contributed by atoms with van der Waals surface area (Å²) >= 11 is 0. The molecule has 1 aliphatic heterocycles. The van der Waals surface area contributed by atoms with Crippen molar-refractivity contribution in [3.63, 3.8) is 0 Å². The summed E-state index contributed by atoms with van der Waals surface area (Å²) in [6.45, 7) is 9.61. The number of nitrogens with zero attached hydrogens (tertiary/aromatic N) is 1. The molecule has 0 aromatic heterocycles. The number of rotatable bonds is 3. The smallest absolute Gasteiger partial charge is 0.240 e. The van der Waals surface area contributed by atoms with Gasteiger partial charge < -0.3 is 10.2 Å². The van der Waals surface area contributed by atoms with Gasteiger partial charge in [0.05, 0.1) is 6.04 Å². The second-order valence-electron chi connectivity index (χ2n) is 5.63. The van der Waals surface area contributed by atoms with Crippen LogP contribution >= 0.6 is 0 Å². The highest BCUT2D eigenvalue weighted by molar-refractivity contribution is 5.82. The Morgan fingerprint density at radius 2 is 2.12 bits per heavy atom. The summed E-state index contributed by atoms with van der Waals surface area (Å²) in [5.74, 6) is 0.901. The van der Waals surface area contributed by atoms with Crippen LogP contribution in [0.3, 0.4) is 0 Å². The van der Waals surface area contributed by atoms with Crippen LogP contribution in [0.25, 0.3) is 0 Å². The molecule has 0 spiro atoms. The molecule has 1 N–H and O–H groups in total. The van der Waals surface area contributed by atoms with Crippen molar-refractivity contribution in [2.45, 2.75) is 58.5 Å². The number of amides is 1. The Labute approximate surface area is 99.6 Å². The standard InChI is InChI=1S/C13H26N2O/c1-6-13(3,4)15-8-7-10(2)9-11(14-5)12(15)16/h10-11,14H,6-9H2,1-5H3. The van der Waals surface area contributed by atoms with E-state index in [4.69, 9.17) is 0 Å². The van der Waals surface area contributed by atoms with Crippen LogP contribution in [-0.2, 0) is 4.79 Å². The summed E-state index contributed by atoms with van der Waals surface area (Å²) in [4.78, 5) is 14.5. The third-order valence-corrected chi connectivity index (χ3v) is 3.99. The highest BCUT2D eigenvalue weighted by Gasteiger charge is 2.35. The molecule has 94 valence electrons. The van der Waals surface area contributed by atoms with Crippen LogP contribution in [0.15, 0.2) is 0 Å². The van der Waals surface area contributed by atoms with E-state index in [1.165, 1.54) is 0 Å². The van der Waals surface area contributed by atoms with Gasteiger partial charge >= 0.3 is 0 Å². The molecule has 1 fully saturated rings. The summed E-state index contributed by atoms with van der Waals surface area (Å²) < 4.78 is 0. The van der Waals surface area contributed by atoms with E-state index in [2.05, 4.69) is 37.9 Å². The minimum Gasteiger partial charge on any atom is -0.336 e. The molecule has 1 aliphatic rings. The van der Waals surface area contributed by atoms with Crippen molar-refractivity contribution < 1.29 is 4.79 Å². The van der Waals surface area contributed by atoms with Crippen molar-refractivity contribution in [2.75, 3.05) is 13.6 Å². The maximum absolute atomic E-state index is 12.4. The SMILES string of the molecule is CCC(C)(C)N1CCC(C)CC(NC)C1=O. The Balaban J connectivity index is 2.88. The molecule has 16 heavy (non-hydrogen) atoms. The maximum atomic E-state index is 12.4. The van der Waals surface area contributed by atoms with Crippen LogP contribution in [0, 0.1) is 5.92 Å². The van der Waals surface area contributed by atoms with Crippen molar-refractivity contribution in [3.8, 4) is 0 Å². The van der Waals surface area contributed by atoms with Crippen molar-refractivity contribution in [1.82, 2.24) is 10.2 Å². The molecule has 1 heterocycles. The minimum absolute atomic E-state index is 0.00308. The van der Waals surface area contributed by atoms with Gasteiger partial charge in [-0.3, -0.25) is 4.79 Å². The molecule has 0 aliphatic carbocycles. The van der Waals surface area contributed by atoms with Gasteiger partial charge in [-0.05, 0) is 46.1 Å². The molecule has 0 bridgehead atoms. The number of hydrogen-bond donors (Lipinski definition) is 1. The highest BCUT2D eigenvalue weighted by Crippen LogP contribution is 2.26. The first-order valence-corrected chi connectivity index (χ1v) is 6.41. The number of carbonyl (C=O) groups is 1. The Hall–Kier alpha value is -0.570. The van der Waals surface area contributed by atoms with Crippen molar-refractivity contribution in [1.29, 1.82) is 0 Å². The van der Waals surface area contributed by atoms with Crippen LogP contribution in [0.4, 0.5) is 0 Å². The highest BCUT2D eigenvalue weighted by atomic mass is 16.2.